The smallest absolute Gasteiger partial charge is 0.223 e. The molecule has 4 aliphatic carbocycles. The van der Waals surface area contributed by atoms with E-state index in [9.17, 15) is 9.90 Å². The molecule has 0 heterocycles. The molecular formula is C32H55NO2. The van der Waals surface area contributed by atoms with Crippen LogP contribution in [-0.2, 0) is 4.79 Å². The fourth-order valence-corrected chi connectivity index (χ4v) is 9.19. The van der Waals surface area contributed by atoms with Gasteiger partial charge in [-0.15, -0.1) is 0 Å². The highest BCUT2D eigenvalue weighted by Gasteiger charge is 2.58. The van der Waals surface area contributed by atoms with Gasteiger partial charge in [-0.1, -0.05) is 58.6 Å². The first kappa shape index (κ1) is 27.2. The molecular weight excluding hydrogens is 430 g/mol. The fraction of sp³-hybridized carbons (Fsp3) is 0.906. The van der Waals surface area contributed by atoms with Gasteiger partial charge in [0, 0.05) is 18.1 Å². The number of carbonyl (C=O) groups is 1. The summed E-state index contributed by atoms with van der Waals surface area (Å²) < 4.78 is 0. The summed E-state index contributed by atoms with van der Waals surface area (Å²) in [6.45, 7) is 14.1. The Kier molecular flexibility index (Phi) is 8.17. The minimum atomic E-state index is -0.333. The molecule has 35 heavy (non-hydrogen) atoms. The molecule has 7 unspecified atom stereocenters. The van der Waals surface area contributed by atoms with Crippen molar-refractivity contribution in [2.24, 2.45) is 46.3 Å². The predicted octanol–water partition coefficient (Wildman–Crippen LogP) is 7.68. The Bertz CT molecular complexity index is 784. The Balaban J connectivity index is 1.41. The zero-order valence-electron chi connectivity index (χ0n) is 23.8. The topological polar surface area (TPSA) is 49.3 Å². The van der Waals surface area contributed by atoms with Crippen molar-refractivity contribution in [1.29, 1.82) is 0 Å². The quantitative estimate of drug-likeness (QED) is 0.260. The predicted molar refractivity (Wildman–Crippen MR) is 146 cm³/mol. The Morgan fingerprint density at radius 1 is 1.11 bits per heavy atom. The van der Waals surface area contributed by atoms with Gasteiger partial charge in [0.05, 0.1) is 0 Å². The third kappa shape index (κ3) is 5.41. The number of hydrogen-bond donors (Lipinski definition) is 2. The first-order valence-corrected chi connectivity index (χ1v) is 15.1. The van der Waals surface area contributed by atoms with Crippen molar-refractivity contribution in [3.8, 4) is 0 Å². The molecule has 4 aliphatic rings. The van der Waals surface area contributed by atoms with Crippen LogP contribution in [0.5, 0.6) is 0 Å². The van der Waals surface area contributed by atoms with Crippen molar-refractivity contribution in [1.82, 2.24) is 5.32 Å². The second kappa shape index (κ2) is 10.5. The number of amides is 1. The molecule has 0 aromatic rings. The van der Waals surface area contributed by atoms with Crippen molar-refractivity contribution in [3.63, 3.8) is 0 Å². The fourth-order valence-electron chi connectivity index (χ4n) is 9.19. The molecule has 1 amide bonds. The van der Waals surface area contributed by atoms with E-state index in [0.29, 0.717) is 17.3 Å². The van der Waals surface area contributed by atoms with Gasteiger partial charge in [-0.2, -0.15) is 0 Å². The van der Waals surface area contributed by atoms with Crippen LogP contribution in [-0.4, -0.2) is 23.2 Å². The standard InChI is InChI=1S/C32H55NO2/c1-22(2)9-7-8-10-24-12-14-27-26-13-11-25-21-23(29(35)33-30(3,4)19-20-34)15-17-32(25,6)28(26)16-18-31(24,27)5/h11,22-24,26-28,34H,7-10,12-21H2,1-6H3,(H,33,35). The first-order valence-electron chi connectivity index (χ1n) is 15.1. The van der Waals surface area contributed by atoms with Gasteiger partial charge in [0.25, 0.3) is 0 Å². The van der Waals surface area contributed by atoms with Crippen LogP contribution in [0.3, 0.4) is 0 Å². The first-order chi connectivity index (χ1) is 16.5. The molecule has 0 spiro atoms. The van der Waals surface area contributed by atoms with Gasteiger partial charge in [-0.05, 0) is 118 Å². The summed E-state index contributed by atoms with van der Waals surface area (Å²) in [4.78, 5) is 13.1. The molecule has 7 atom stereocenters. The lowest BCUT2D eigenvalue weighted by atomic mass is 9.47. The highest BCUT2D eigenvalue weighted by atomic mass is 16.3. The van der Waals surface area contributed by atoms with Crippen LogP contribution in [0.15, 0.2) is 11.6 Å². The molecule has 0 aromatic heterocycles. The largest absolute Gasteiger partial charge is 0.396 e. The van der Waals surface area contributed by atoms with Crippen molar-refractivity contribution in [2.75, 3.05) is 6.61 Å². The van der Waals surface area contributed by atoms with E-state index in [2.05, 4.69) is 39.1 Å². The van der Waals surface area contributed by atoms with E-state index in [1.165, 1.54) is 64.2 Å². The number of allylic oxidation sites excluding steroid dienone is 2. The SMILES string of the molecule is CC(C)CCCCC1CCC2C3CC=C4CC(C(=O)NC(C)(C)CCO)CCC4(C)C3CCC12C. The number of carbonyl (C=O) groups excluding carboxylic acids is 1. The van der Waals surface area contributed by atoms with Crippen LogP contribution in [0, 0.1) is 46.3 Å². The molecule has 3 fully saturated rings. The van der Waals surface area contributed by atoms with Gasteiger partial charge in [-0.25, -0.2) is 0 Å². The maximum Gasteiger partial charge on any atom is 0.223 e. The summed E-state index contributed by atoms with van der Waals surface area (Å²) in [5.74, 6) is 4.66. The normalized spacial score (nSPS) is 39.0. The van der Waals surface area contributed by atoms with Crippen LogP contribution >= 0.6 is 0 Å². The van der Waals surface area contributed by atoms with E-state index in [4.69, 9.17) is 0 Å². The molecule has 3 saturated carbocycles. The number of aliphatic hydroxyl groups excluding tert-OH is 1. The second-order valence-corrected chi connectivity index (χ2v) is 14.5. The highest BCUT2D eigenvalue weighted by molar-refractivity contribution is 5.80. The molecule has 4 rings (SSSR count). The van der Waals surface area contributed by atoms with Gasteiger partial charge in [0.2, 0.25) is 5.91 Å². The Morgan fingerprint density at radius 2 is 1.89 bits per heavy atom. The number of hydrogen-bond acceptors (Lipinski definition) is 2. The second-order valence-electron chi connectivity index (χ2n) is 14.5. The Hall–Kier alpha value is -0.830. The minimum absolute atomic E-state index is 0.0967. The van der Waals surface area contributed by atoms with E-state index in [1.807, 2.05) is 13.8 Å². The van der Waals surface area contributed by atoms with Crippen molar-refractivity contribution in [3.05, 3.63) is 11.6 Å². The number of nitrogens with one attached hydrogen (secondary N) is 1. The lowest BCUT2D eigenvalue weighted by Crippen LogP contribution is -2.52. The van der Waals surface area contributed by atoms with Crippen LogP contribution in [0.2, 0.25) is 0 Å². The van der Waals surface area contributed by atoms with Crippen LogP contribution < -0.4 is 5.32 Å². The molecule has 3 heteroatoms. The lowest BCUT2D eigenvalue weighted by molar-refractivity contribution is -0.128. The van der Waals surface area contributed by atoms with Crippen LogP contribution in [0.4, 0.5) is 0 Å². The molecule has 2 N–H and O–H groups in total. The average Bonchev–Trinajstić information content (AvgIpc) is 3.11. The van der Waals surface area contributed by atoms with E-state index in [-0.39, 0.29) is 24.0 Å². The van der Waals surface area contributed by atoms with Crippen LogP contribution in [0.25, 0.3) is 0 Å². The highest BCUT2D eigenvalue weighted by Crippen LogP contribution is 2.67. The summed E-state index contributed by atoms with van der Waals surface area (Å²) in [6, 6.07) is 0. The number of unbranched alkanes of at least 4 members (excludes halogenated alkanes) is 1. The molecule has 200 valence electrons. The molecule has 0 aromatic carbocycles. The lowest BCUT2D eigenvalue weighted by Gasteiger charge is -2.58. The van der Waals surface area contributed by atoms with Crippen molar-refractivity contribution in [2.45, 2.75) is 131 Å². The molecule has 0 aliphatic heterocycles. The Labute approximate surface area is 216 Å². The average molecular weight is 486 g/mol. The van der Waals surface area contributed by atoms with Gasteiger partial charge < -0.3 is 10.4 Å². The van der Waals surface area contributed by atoms with Crippen molar-refractivity contribution >= 4 is 5.91 Å². The monoisotopic (exact) mass is 485 g/mol. The molecule has 0 saturated heterocycles. The van der Waals surface area contributed by atoms with Crippen molar-refractivity contribution < 1.29 is 9.90 Å². The zero-order chi connectivity index (χ0) is 25.4. The number of aliphatic hydroxyl groups is 1. The minimum Gasteiger partial charge on any atom is -0.396 e. The summed E-state index contributed by atoms with van der Waals surface area (Å²) in [5, 5.41) is 12.6. The maximum atomic E-state index is 13.1. The summed E-state index contributed by atoms with van der Waals surface area (Å²) in [7, 11) is 0. The zero-order valence-corrected chi connectivity index (χ0v) is 23.8. The third-order valence-electron chi connectivity index (χ3n) is 11.5. The third-order valence-corrected chi connectivity index (χ3v) is 11.5. The summed E-state index contributed by atoms with van der Waals surface area (Å²) in [5.41, 5.74) is 2.13. The van der Waals surface area contributed by atoms with Gasteiger partial charge in [0.1, 0.15) is 0 Å². The van der Waals surface area contributed by atoms with E-state index >= 15 is 0 Å². The van der Waals surface area contributed by atoms with E-state index in [0.717, 1.165) is 42.4 Å². The number of rotatable bonds is 9. The van der Waals surface area contributed by atoms with E-state index in [1.54, 1.807) is 5.57 Å². The van der Waals surface area contributed by atoms with Gasteiger partial charge in [0.15, 0.2) is 0 Å². The summed E-state index contributed by atoms with van der Waals surface area (Å²) in [6.07, 6.45) is 19.0. The van der Waals surface area contributed by atoms with E-state index < -0.39 is 0 Å². The van der Waals surface area contributed by atoms with Gasteiger partial charge >= 0.3 is 0 Å². The molecule has 0 radical (unpaired) electrons. The maximum absolute atomic E-state index is 13.1. The van der Waals surface area contributed by atoms with Gasteiger partial charge in [-0.3, -0.25) is 4.79 Å². The molecule has 0 bridgehead atoms. The molecule has 3 nitrogen and oxygen atoms in total. The number of fused-ring (bicyclic) bond motifs is 5. The summed E-state index contributed by atoms with van der Waals surface area (Å²) >= 11 is 0. The van der Waals surface area contributed by atoms with Crippen LogP contribution in [0.1, 0.15) is 125 Å². The Morgan fingerprint density at radius 3 is 2.60 bits per heavy atom.